The van der Waals surface area contributed by atoms with E-state index in [0.717, 1.165) is 11.1 Å². The highest BCUT2D eigenvalue weighted by atomic mass is 35.5. The number of rotatable bonds is 3. The second kappa shape index (κ2) is 7.34. The van der Waals surface area contributed by atoms with Crippen LogP contribution in [0.4, 0.5) is 0 Å². The van der Waals surface area contributed by atoms with Gasteiger partial charge in [-0.05, 0) is 24.6 Å². The van der Waals surface area contributed by atoms with E-state index in [0.29, 0.717) is 31.8 Å². The molecule has 1 unspecified atom stereocenters. The van der Waals surface area contributed by atoms with Gasteiger partial charge in [-0.25, -0.2) is 0 Å². The summed E-state index contributed by atoms with van der Waals surface area (Å²) in [5.41, 5.74) is 7.75. The number of ether oxygens (including phenoxy) is 1. The number of benzene rings is 1. The normalized spacial score (nSPS) is 20.5. The third kappa shape index (κ3) is 3.61. The maximum atomic E-state index is 12.7. The molecule has 1 saturated heterocycles. The number of hydrogen-bond acceptors (Lipinski definition) is 4. The lowest BCUT2D eigenvalue weighted by Crippen LogP contribution is -2.50. The predicted molar refractivity (Wildman–Crippen MR) is 94.0 cm³/mol. The van der Waals surface area contributed by atoms with E-state index in [-0.39, 0.29) is 18.3 Å². The van der Waals surface area contributed by atoms with E-state index in [1.165, 1.54) is 0 Å². The molecule has 0 radical (unpaired) electrons. The van der Waals surface area contributed by atoms with Crippen molar-refractivity contribution in [2.75, 3.05) is 19.7 Å². The summed E-state index contributed by atoms with van der Waals surface area (Å²) in [5, 5.41) is 4.21. The second-order valence-corrected chi connectivity index (χ2v) is 6.11. The van der Waals surface area contributed by atoms with E-state index in [2.05, 4.69) is 5.10 Å². The van der Waals surface area contributed by atoms with Gasteiger partial charge in [-0.3, -0.25) is 9.48 Å². The maximum absolute atomic E-state index is 12.7. The van der Waals surface area contributed by atoms with Crippen molar-refractivity contribution in [2.24, 2.45) is 12.8 Å². The second-order valence-electron chi connectivity index (χ2n) is 6.11. The zero-order valence-corrected chi connectivity index (χ0v) is 14.8. The van der Waals surface area contributed by atoms with E-state index in [1.807, 2.05) is 49.3 Å². The molecule has 1 fully saturated rings. The van der Waals surface area contributed by atoms with E-state index < -0.39 is 5.60 Å². The van der Waals surface area contributed by atoms with Crippen LogP contribution in [0, 0.1) is 0 Å². The van der Waals surface area contributed by atoms with Crippen molar-refractivity contribution in [1.29, 1.82) is 0 Å². The van der Waals surface area contributed by atoms with Crippen LogP contribution < -0.4 is 5.73 Å². The average molecular weight is 351 g/mol. The Kier molecular flexibility index (Phi) is 5.64. The lowest BCUT2D eigenvalue weighted by molar-refractivity contribution is -0.0931. The van der Waals surface area contributed by atoms with Crippen molar-refractivity contribution in [3.63, 3.8) is 0 Å². The fraction of sp³-hybridized carbons (Fsp3) is 0.412. The van der Waals surface area contributed by atoms with Crippen molar-refractivity contribution in [1.82, 2.24) is 14.7 Å². The molecule has 1 atom stereocenters. The smallest absolute Gasteiger partial charge is 0.254 e. The molecule has 1 aliphatic heterocycles. The van der Waals surface area contributed by atoms with Gasteiger partial charge in [-0.1, -0.05) is 12.1 Å². The van der Waals surface area contributed by atoms with Gasteiger partial charge in [0.2, 0.25) is 0 Å². The van der Waals surface area contributed by atoms with Gasteiger partial charge in [0.15, 0.2) is 0 Å². The van der Waals surface area contributed by atoms with Crippen LogP contribution >= 0.6 is 12.4 Å². The van der Waals surface area contributed by atoms with Crippen molar-refractivity contribution in [3.8, 4) is 0 Å². The minimum Gasteiger partial charge on any atom is -0.367 e. The Hall–Kier alpha value is -1.89. The van der Waals surface area contributed by atoms with Crippen molar-refractivity contribution in [3.05, 3.63) is 53.3 Å². The first-order valence-electron chi connectivity index (χ1n) is 7.73. The molecule has 0 aliphatic carbocycles. The van der Waals surface area contributed by atoms with Crippen LogP contribution in [0.25, 0.3) is 0 Å². The third-order valence-electron chi connectivity index (χ3n) is 4.31. The fourth-order valence-corrected chi connectivity index (χ4v) is 2.88. The number of hydrogen-bond donors (Lipinski definition) is 1. The van der Waals surface area contributed by atoms with Crippen molar-refractivity contribution in [2.45, 2.75) is 19.1 Å². The molecule has 2 aromatic rings. The number of halogens is 1. The molecule has 2 heterocycles. The molecule has 24 heavy (non-hydrogen) atoms. The van der Waals surface area contributed by atoms with Gasteiger partial charge >= 0.3 is 0 Å². The molecule has 0 bridgehead atoms. The SMILES string of the molecule is Cl.Cn1cc(C2(C)CN(C(=O)c3ccc(CN)cc3)CCO2)cn1. The Balaban J connectivity index is 0.00000208. The van der Waals surface area contributed by atoms with Gasteiger partial charge in [-0.2, -0.15) is 5.10 Å². The Morgan fingerprint density at radius 2 is 2.08 bits per heavy atom. The van der Waals surface area contributed by atoms with Crippen LogP contribution in [0.2, 0.25) is 0 Å². The van der Waals surface area contributed by atoms with E-state index in [1.54, 1.807) is 10.9 Å². The summed E-state index contributed by atoms with van der Waals surface area (Å²) < 4.78 is 7.70. The summed E-state index contributed by atoms with van der Waals surface area (Å²) in [6.07, 6.45) is 3.73. The topological polar surface area (TPSA) is 73.4 Å². The van der Waals surface area contributed by atoms with E-state index in [4.69, 9.17) is 10.5 Å². The molecule has 2 N–H and O–H groups in total. The highest BCUT2D eigenvalue weighted by Crippen LogP contribution is 2.29. The molecule has 1 aromatic carbocycles. The fourth-order valence-electron chi connectivity index (χ4n) is 2.88. The molecule has 6 nitrogen and oxygen atoms in total. The number of aromatic nitrogens is 2. The minimum atomic E-state index is -0.528. The standard InChI is InChI=1S/C17H22N4O2.ClH/c1-17(15-10-19-20(2)11-15)12-21(7-8-23-17)16(22)14-5-3-13(9-18)4-6-14;/h3-6,10-11H,7-9,12,18H2,1-2H3;1H. The number of nitrogens with zero attached hydrogens (tertiary/aromatic N) is 3. The first-order valence-corrected chi connectivity index (χ1v) is 7.73. The highest BCUT2D eigenvalue weighted by molar-refractivity contribution is 5.94. The molecule has 0 spiro atoms. The number of morpholine rings is 1. The monoisotopic (exact) mass is 350 g/mol. The molecule has 1 aliphatic rings. The van der Waals surface area contributed by atoms with E-state index >= 15 is 0 Å². The molecule has 1 amide bonds. The molecule has 7 heteroatoms. The molecular weight excluding hydrogens is 328 g/mol. The average Bonchev–Trinajstić information content (AvgIpc) is 3.02. The first kappa shape index (κ1) is 18.4. The summed E-state index contributed by atoms with van der Waals surface area (Å²) in [7, 11) is 1.87. The number of amides is 1. The maximum Gasteiger partial charge on any atom is 0.254 e. The zero-order chi connectivity index (χ0) is 16.4. The molecule has 0 saturated carbocycles. The zero-order valence-electron chi connectivity index (χ0n) is 13.9. The highest BCUT2D eigenvalue weighted by Gasteiger charge is 2.36. The van der Waals surface area contributed by atoms with Gasteiger partial charge in [0.25, 0.3) is 5.91 Å². The van der Waals surface area contributed by atoms with E-state index in [9.17, 15) is 4.79 Å². The summed E-state index contributed by atoms with van der Waals surface area (Å²) in [4.78, 5) is 14.6. The quantitative estimate of drug-likeness (QED) is 0.914. The Morgan fingerprint density at radius 3 is 2.67 bits per heavy atom. The van der Waals surface area contributed by atoms with Crippen LogP contribution in [0.1, 0.15) is 28.4 Å². The summed E-state index contributed by atoms with van der Waals surface area (Å²) in [6.45, 7) is 4.09. The van der Waals surface area contributed by atoms with Gasteiger partial charge in [0, 0.05) is 37.5 Å². The number of carbonyl (C=O) groups excluding carboxylic acids is 1. The number of aryl methyl sites for hydroxylation is 1. The Bertz CT molecular complexity index is 701. The minimum absolute atomic E-state index is 0. The molecular formula is C17H23ClN4O2. The Morgan fingerprint density at radius 1 is 1.38 bits per heavy atom. The van der Waals surface area contributed by atoms with Gasteiger partial charge in [-0.15, -0.1) is 12.4 Å². The third-order valence-corrected chi connectivity index (χ3v) is 4.31. The predicted octanol–water partition coefficient (Wildman–Crippen LogP) is 1.69. The molecule has 130 valence electrons. The van der Waals surface area contributed by atoms with Crippen molar-refractivity contribution >= 4 is 18.3 Å². The first-order chi connectivity index (χ1) is 11.0. The lowest BCUT2D eigenvalue weighted by Gasteiger charge is -2.40. The summed E-state index contributed by atoms with van der Waals surface area (Å²) in [6, 6.07) is 7.46. The van der Waals surface area contributed by atoms with Crippen LogP contribution in [0.15, 0.2) is 36.7 Å². The van der Waals surface area contributed by atoms with Crippen molar-refractivity contribution < 1.29 is 9.53 Å². The Labute approximate surface area is 148 Å². The lowest BCUT2D eigenvalue weighted by atomic mass is 9.96. The van der Waals surface area contributed by atoms with Gasteiger partial charge in [0.1, 0.15) is 5.60 Å². The largest absolute Gasteiger partial charge is 0.367 e. The van der Waals surface area contributed by atoms with Crippen LogP contribution in [0.3, 0.4) is 0 Å². The van der Waals surface area contributed by atoms with Gasteiger partial charge < -0.3 is 15.4 Å². The van der Waals surface area contributed by atoms with Crippen LogP contribution in [-0.2, 0) is 23.9 Å². The molecule has 3 rings (SSSR count). The van der Waals surface area contributed by atoms with Gasteiger partial charge in [0.05, 0.1) is 19.3 Å². The summed E-state index contributed by atoms with van der Waals surface area (Å²) in [5.74, 6) is 0.0204. The number of carbonyl (C=O) groups is 1. The van der Waals surface area contributed by atoms with Crippen LogP contribution in [-0.4, -0.2) is 40.3 Å². The summed E-state index contributed by atoms with van der Waals surface area (Å²) >= 11 is 0. The van der Waals surface area contributed by atoms with Crippen LogP contribution in [0.5, 0.6) is 0 Å². The molecule has 1 aromatic heterocycles. The number of nitrogens with two attached hydrogens (primary N) is 1.